The molecule has 1 aromatic heterocycles. The molecule has 0 bridgehead atoms. The number of hydrogen-bond acceptors (Lipinski definition) is 2. The second-order valence-corrected chi connectivity index (χ2v) is 7.07. The summed E-state index contributed by atoms with van der Waals surface area (Å²) in [5, 5.41) is 0. The van der Waals surface area contributed by atoms with Gasteiger partial charge in [0.05, 0.1) is 0 Å². The number of carbonyl (C=O) groups excluding carboxylic acids is 1. The Morgan fingerprint density at radius 3 is 2.35 bits per heavy atom. The number of aryl methyl sites for hydroxylation is 1. The van der Waals surface area contributed by atoms with Crippen LogP contribution in [0.4, 0.5) is 8.78 Å². The van der Waals surface area contributed by atoms with Gasteiger partial charge in [-0.05, 0) is 0 Å². The van der Waals surface area contributed by atoms with Crippen LogP contribution in [0.2, 0.25) is 0 Å². The molecule has 0 saturated heterocycles. The fourth-order valence-corrected chi connectivity index (χ4v) is 4.46. The van der Waals surface area contributed by atoms with Gasteiger partial charge in [0.25, 0.3) is 0 Å². The summed E-state index contributed by atoms with van der Waals surface area (Å²) in [5.41, 5.74) is 7.03. The minimum absolute atomic E-state index is 0.156. The maximum atomic E-state index is 14.2. The van der Waals surface area contributed by atoms with Gasteiger partial charge in [-0.15, -0.1) is 0 Å². The summed E-state index contributed by atoms with van der Waals surface area (Å²) in [6.45, 7) is 1.90. The molecule has 0 spiro atoms. The number of primary amides is 1. The van der Waals surface area contributed by atoms with Gasteiger partial charge in [0.2, 0.25) is 0 Å². The van der Waals surface area contributed by atoms with Crippen LogP contribution in [0.25, 0.3) is 21.3 Å². The third-order valence-electron chi connectivity index (χ3n) is 3.43. The third-order valence-corrected chi connectivity index (χ3v) is 5.74. The molecule has 0 aliphatic heterocycles. The molecule has 0 fully saturated rings. The SMILES string of the molecule is Cc1ccccc1-c1[se]c(C(N)=O)nc1-c1c(F)cccc1F. The summed E-state index contributed by atoms with van der Waals surface area (Å²) >= 11 is -0.498. The van der Waals surface area contributed by atoms with Crippen LogP contribution in [0.5, 0.6) is 0 Å². The zero-order valence-electron chi connectivity index (χ0n) is 12.1. The van der Waals surface area contributed by atoms with Crippen molar-refractivity contribution in [2.45, 2.75) is 6.92 Å². The summed E-state index contributed by atoms with van der Waals surface area (Å²) < 4.78 is 29.2. The molecule has 3 rings (SSSR count). The topological polar surface area (TPSA) is 56.0 Å². The number of nitrogens with zero attached hydrogens (tertiary/aromatic N) is 1. The van der Waals surface area contributed by atoms with Crippen LogP contribution in [0.15, 0.2) is 42.5 Å². The summed E-state index contributed by atoms with van der Waals surface area (Å²) in [4.78, 5) is 15.7. The molecule has 23 heavy (non-hydrogen) atoms. The Labute approximate surface area is 137 Å². The van der Waals surface area contributed by atoms with E-state index in [9.17, 15) is 13.6 Å². The second kappa shape index (κ2) is 6.07. The molecule has 2 aromatic carbocycles. The van der Waals surface area contributed by atoms with Crippen LogP contribution in [0, 0.1) is 18.6 Å². The van der Waals surface area contributed by atoms with E-state index in [0.717, 1.165) is 11.1 Å². The third kappa shape index (κ3) is 2.83. The van der Waals surface area contributed by atoms with E-state index >= 15 is 0 Å². The van der Waals surface area contributed by atoms with Gasteiger partial charge in [0.15, 0.2) is 0 Å². The standard InChI is InChI=1S/C17H12F2N2OSe/c1-9-5-2-3-6-10(9)15-14(21-17(23-15)16(20)22)13-11(18)7-4-8-12(13)19/h2-8H,1H3,(H2,20,22). The van der Waals surface area contributed by atoms with Crippen LogP contribution in [0.1, 0.15) is 14.9 Å². The van der Waals surface area contributed by atoms with Crippen molar-refractivity contribution in [2.75, 3.05) is 0 Å². The fraction of sp³-hybridized carbons (Fsp3) is 0.0588. The van der Waals surface area contributed by atoms with Gasteiger partial charge in [-0.2, -0.15) is 0 Å². The van der Waals surface area contributed by atoms with Crippen molar-refractivity contribution in [3.63, 3.8) is 0 Å². The molecule has 3 aromatic rings. The Morgan fingerprint density at radius 2 is 1.74 bits per heavy atom. The molecule has 116 valence electrons. The van der Waals surface area contributed by atoms with Gasteiger partial charge in [-0.1, -0.05) is 0 Å². The van der Waals surface area contributed by atoms with E-state index in [4.69, 9.17) is 5.73 Å². The summed E-state index contributed by atoms with van der Waals surface area (Å²) in [6, 6.07) is 11.1. The van der Waals surface area contributed by atoms with Gasteiger partial charge in [0.1, 0.15) is 0 Å². The summed E-state index contributed by atoms with van der Waals surface area (Å²) in [5.74, 6) is -2.09. The Kier molecular flexibility index (Phi) is 4.11. The quantitative estimate of drug-likeness (QED) is 0.713. The van der Waals surface area contributed by atoms with E-state index in [2.05, 4.69) is 4.98 Å². The summed E-state index contributed by atoms with van der Waals surface area (Å²) in [6.07, 6.45) is 0. The van der Waals surface area contributed by atoms with Crippen LogP contribution in [-0.4, -0.2) is 25.4 Å². The van der Waals surface area contributed by atoms with Crippen LogP contribution < -0.4 is 5.73 Å². The number of aromatic nitrogens is 1. The molecule has 1 amide bonds. The average Bonchev–Trinajstić information content (AvgIpc) is 2.92. The Morgan fingerprint density at radius 1 is 1.09 bits per heavy atom. The van der Waals surface area contributed by atoms with Crippen LogP contribution >= 0.6 is 0 Å². The van der Waals surface area contributed by atoms with E-state index in [-0.39, 0.29) is 15.8 Å². The number of benzene rings is 2. The molecule has 0 radical (unpaired) electrons. The van der Waals surface area contributed by atoms with Crippen molar-refractivity contribution >= 4 is 20.4 Å². The fourth-order valence-electron chi connectivity index (χ4n) is 2.33. The average molecular weight is 377 g/mol. The van der Waals surface area contributed by atoms with Crippen molar-refractivity contribution in [3.8, 4) is 21.3 Å². The monoisotopic (exact) mass is 378 g/mol. The summed E-state index contributed by atoms with van der Waals surface area (Å²) in [7, 11) is 0. The van der Waals surface area contributed by atoms with E-state index in [1.165, 1.54) is 18.2 Å². The first kappa shape index (κ1) is 15.6. The first-order valence-electron chi connectivity index (χ1n) is 6.80. The molecule has 1 heterocycles. The first-order valence-corrected chi connectivity index (χ1v) is 8.51. The molecule has 0 saturated carbocycles. The zero-order chi connectivity index (χ0) is 16.6. The maximum absolute atomic E-state index is 14.2. The molecule has 2 N–H and O–H groups in total. The van der Waals surface area contributed by atoms with Crippen LogP contribution in [-0.2, 0) is 0 Å². The molecular weight excluding hydrogens is 365 g/mol. The van der Waals surface area contributed by atoms with Gasteiger partial charge in [-0.3, -0.25) is 0 Å². The second-order valence-electron chi connectivity index (χ2n) is 4.97. The zero-order valence-corrected chi connectivity index (χ0v) is 13.9. The van der Waals surface area contributed by atoms with E-state index < -0.39 is 32.0 Å². The predicted molar refractivity (Wildman–Crippen MR) is 85.2 cm³/mol. The van der Waals surface area contributed by atoms with E-state index in [0.29, 0.717) is 4.44 Å². The number of hydrogen-bond donors (Lipinski definition) is 1. The molecule has 0 aliphatic carbocycles. The van der Waals surface area contributed by atoms with Crippen molar-refractivity contribution < 1.29 is 13.6 Å². The van der Waals surface area contributed by atoms with Gasteiger partial charge in [0, 0.05) is 0 Å². The number of nitrogens with two attached hydrogens (primary N) is 1. The number of amides is 1. The van der Waals surface area contributed by atoms with Gasteiger partial charge >= 0.3 is 137 Å². The van der Waals surface area contributed by atoms with Gasteiger partial charge in [-0.25, -0.2) is 0 Å². The Balaban J connectivity index is 2.33. The molecule has 0 aliphatic rings. The van der Waals surface area contributed by atoms with Crippen molar-refractivity contribution in [1.82, 2.24) is 4.98 Å². The van der Waals surface area contributed by atoms with E-state index in [1.807, 2.05) is 31.2 Å². The van der Waals surface area contributed by atoms with Gasteiger partial charge < -0.3 is 0 Å². The molecule has 0 unspecified atom stereocenters. The van der Waals surface area contributed by atoms with Crippen molar-refractivity contribution in [1.29, 1.82) is 0 Å². The van der Waals surface area contributed by atoms with Crippen molar-refractivity contribution in [2.24, 2.45) is 5.73 Å². The normalized spacial score (nSPS) is 10.7. The first-order chi connectivity index (χ1) is 11.0. The Hall–Kier alpha value is -2.30. The number of rotatable bonds is 3. The number of carbonyl (C=O) groups is 1. The Bertz CT molecular complexity index is 885. The molecular formula is C17H12F2N2OSe. The molecule has 6 heteroatoms. The van der Waals surface area contributed by atoms with Crippen molar-refractivity contribution in [3.05, 3.63) is 64.2 Å². The molecule has 3 nitrogen and oxygen atoms in total. The molecule has 0 atom stereocenters. The predicted octanol–water partition coefficient (Wildman–Crippen LogP) is 3.16. The number of halogens is 2. The van der Waals surface area contributed by atoms with E-state index in [1.54, 1.807) is 0 Å². The minimum atomic E-state index is -0.712. The van der Waals surface area contributed by atoms with Crippen LogP contribution in [0.3, 0.4) is 0 Å².